The first kappa shape index (κ1) is 10.7. The molecule has 2 N–H and O–H groups in total. The lowest BCUT2D eigenvalue weighted by Crippen LogP contribution is -2.12. The van der Waals surface area contributed by atoms with E-state index in [4.69, 9.17) is 10.5 Å². The van der Waals surface area contributed by atoms with Crippen molar-refractivity contribution in [2.45, 2.75) is 6.04 Å². The molecule has 0 saturated heterocycles. The molecule has 1 aromatic heterocycles. The zero-order valence-electron chi connectivity index (χ0n) is 9.42. The first-order chi connectivity index (χ1) is 7.70. The van der Waals surface area contributed by atoms with E-state index in [9.17, 15) is 0 Å². The van der Waals surface area contributed by atoms with Crippen molar-refractivity contribution in [2.75, 3.05) is 7.11 Å². The molecule has 0 fully saturated rings. The van der Waals surface area contributed by atoms with Gasteiger partial charge in [-0.25, -0.2) is 0 Å². The second-order valence-electron chi connectivity index (χ2n) is 3.67. The number of aromatic nitrogens is 2. The van der Waals surface area contributed by atoms with Crippen molar-refractivity contribution in [3.63, 3.8) is 0 Å². The van der Waals surface area contributed by atoms with E-state index in [2.05, 4.69) is 5.10 Å². The van der Waals surface area contributed by atoms with Gasteiger partial charge in [-0.2, -0.15) is 5.10 Å². The highest BCUT2D eigenvalue weighted by Gasteiger charge is 2.11. The lowest BCUT2D eigenvalue weighted by Gasteiger charge is -2.09. The van der Waals surface area contributed by atoms with Crippen molar-refractivity contribution in [1.82, 2.24) is 9.78 Å². The molecular weight excluding hydrogens is 202 g/mol. The third-order valence-corrected chi connectivity index (χ3v) is 2.53. The maximum absolute atomic E-state index is 6.10. The lowest BCUT2D eigenvalue weighted by molar-refractivity contribution is 0.414. The maximum atomic E-state index is 6.10. The molecule has 1 heterocycles. The summed E-state index contributed by atoms with van der Waals surface area (Å²) < 4.78 is 6.85. The van der Waals surface area contributed by atoms with Gasteiger partial charge in [-0.3, -0.25) is 4.68 Å². The molecule has 0 amide bonds. The molecule has 1 aromatic carbocycles. The van der Waals surface area contributed by atoms with Crippen LogP contribution in [0.25, 0.3) is 0 Å². The van der Waals surface area contributed by atoms with Crippen molar-refractivity contribution < 1.29 is 4.74 Å². The van der Waals surface area contributed by atoms with Crippen LogP contribution in [0.3, 0.4) is 0 Å². The largest absolute Gasteiger partial charge is 0.497 e. The van der Waals surface area contributed by atoms with E-state index in [0.717, 1.165) is 17.0 Å². The van der Waals surface area contributed by atoms with Gasteiger partial charge in [-0.05, 0) is 23.8 Å². The van der Waals surface area contributed by atoms with Crippen LogP contribution < -0.4 is 10.5 Å². The Bertz CT molecular complexity index is 461. The van der Waals surface area contributed by atoms with Crippen LogP contribution in [-0.4, -0.2) is 16.9 Å². The van der Waals surface area contributed by atoms with Crippen LogP contribution in [0.4, 0.5) is 0 Å². The SMILES string of the molecule is COc1ccc(C(N)c2ccn(C)n2)cc1. The van der Waals surface area contributed by atoms with Crippen molar-refractivity contribution in [2.24, 2.45) is 12.8 Å². The molecule has 4 nitrogen and oxygen atoms in total. The number of nitrogens with two attached hydrogens (primary N) is 1. The van der Waals surface area contributed by atoms with Crippen LogP contribution in [0.1, 0.15) is 17.3 Å². The Hall–Kier alpha value is -1.81. The van der Waals surface area contributed by atoms with Crippen LogP contribution in [0, 0.1) is 0 Å². The van der Waals surface area contributed by atoms with Gasteiger partial charge < -0.3 is 10.5 Å². The summed E-state index contributed by atoms with van der Waals surface area (Å²) in [5.74, 6) is 0.831. The number of hydrogen-bond acceptors (Lipinski definition) is 3. The number of benzene rings is 1. The monoisotopic (exact) mass is 217 g/mol. The van der Waals surface area contributed by atoms with Gasteiger partial charge in [0.1, 0.15) is 5.75 Å². The van der Waals surface area contributed by atoms with E-state index < -0.39 is 0 Å². The molecule has 2 aromatic rings. The molecule has 0 aliphatic carbocycles. The number of rotatable bonds is 3. The summed E-state index contributed by atoms with van der Waals surface area (Å²) in [5, 5.41) is 4.29. The average Bonchev–Trinajstić information content (AvgIpc) is 2.75. The molecule has 0 radical (unpaired) electrons. The van der Waals surface area contributed by atoms with Crippen molar-refractivity contribution in [3.8, 4) is 5.75 Å². The maximum Gasteiger partial charge on any atom is 0.118 e. The Morgan fingerprint density at radius 3 is 2.44 bits per heavy atom. The molecule has 0 aliphatic heterocycles. The number of nitrogens with zero attached hydrogens (tertiary/aromatic N) is 2. The summed E-state index contributed by atoms with van der Waals surface area (Å²) in [7, 11) is 3.53. The van der Waals surface area contributed by atoms with Crippen molar-refractivity contribution in [3.05, 3.63) is 47.8 Å². The molecule has 2 rings (SSSR count). The molecule has 16 heavy (non-hydrogen) atoms. The molecule has 1 atom stereocenters. The van der Waals surface area contributed by atoms with E-state index >= 15 is 0 Å². The zero-order valence-corrected chi connectivity index (χ0v) is 9.42. The van der Waals surface area contributed by atoms with Crippen LogP contribution in [0.2, 0.25) is 0 Å². The molecule has 84 valence electrons. The second kappa shape index (κ2) is 4.37. The fourth-order valence-corrected chi connectivity index (χ4v) is 1.58. The van der Waals surface area contributed by atoms with Crippen molar-refractivity contribution in [1.29, 1.82) is 0 Å². The highest BCUT2D eigenvalue weighted by molar-refractivity contribution is 5.32. The molecule has 0 saturated carbocycles. The number of methoxy groups -OCH3 is 1. The van der Waals surface area contributed by atoms with Crippen LogP contribution in [-0.2, 0) is 7.05 Å². The molecule has 0 bridgehead atoms. The highest BCUT2D eigenvalue weighted by atomic mass is 16.5. The van der Waals surface area contributed by atoms with Gasteiger partial charge in [-0.1, -0.05) is 12.1 Å². The van der Waals surface area contributed by atoms with Crippen molar-refractivity contribution >= 4 is 0 Å². The topological polar surface area (TPSA) is 53.1 Å². The average molecular weight is 217 g/mol. The van der Waals surface area contributed by atoms with E-state index in [0.29, 0.717) is 0 Å². The first-order valence-electron chi connectivity index (χ1n) is 5.10. The minimum Gasteiger partial charge on any atom is -0.497 e. The van der Waals surface area contributed by atoms with Gasteiger partial charge >= 0.3 is 0 Å². The number of aryl methyl sites for hydroxylation is 1. The first-order valence-corrected chi connectivity index (χ1v) is 5.10. The summed E-state index contributed by atoms with van der Waals surface area (Å²) in [5.41, 5.74) is 8.00. The normalized spacial score (nSPS) is 12.4. The predicted octanol–water partition coefficient (Wildman–Crippen LogP) is 1.48. The van der Waals surface area contributed by atoms with Gasteiger partial charge in [0, 0.05) is 13.2 Å². The van der Waals surface area contributed by atoms with Crippen LogP contribution >= 0.6 is 0 Å². The fraction of sp³-hybridized carbons (Fsp3) is 0.250. The Kier molecular flexibility index (Phi) is 2.92. The van der Waals surface area contributed by atoms with Crippen LogP contribution in [0.15, 0.2) is 36.5 Å². The second-order valence-corrected chi connectivity index (χ2v) is 3.67. The summed E-state index contributed by atoms with van der Waals surface area (Å²) in [6.45, 7) is 0. The van der Waals surface area contributed by atoms with Gasteiger partial charge in [-0.15, -0.1) is 0 Å². The smallest absolute Gasteiger partial charge is 0.118 e. The van der Waals surface area contributed by atoms with Gasteiger partial charge in [0.2, 0.25) is 0 Å². The molecule has 0 spiro atoms. The van der Waals surface area contributed by atoms with E-state index in [1.807, 2.05) is 43.6 Å². The molecule has 0 aliphatic rings. The van der Waals surface area contributed by atoms with Crippen LogP contribution in [0.5, 0.6) is 5.75 Å². The van der Waals surface area contributed by atoms with Gasteiger partial charge in [0.25, 0.3) is 0 Å². The van der Waals surface area contributed by atoms with E-state index in [-0.39, 0.29) is 6.04 Å². The summed E-state index contributed by atoms with van der Waals surface area (Å²) in [6.07, 6.45) is 1.89. The zero-order chi connectivity index (χ0) is 11.5. The fourth-order valence-electron chi connectivity index (χ4n) is 1.58. The predicted molar refractivity (Wildman–Crippen MR) is 62.2 cm³/mol. The van der Waals surface area contributed by atoms with Gasteiger partial charge in [0.05, 0.1) is 18.8 Å². The molecule has 4 heteroatoms. The number of ether oxygens (including phenoxy) is 1. The molecule has 1 unspecified atom stereocenters. The molecular formula is C12H15N3O. The highest BCUT2D eigenvalue weighted by Crippen LogP contribution is 2.20. The number of hydrogen-bond donors (Lipinski definition) is 1. The Morgan fingerprint density at radius 2 is 1.94 bits per heavy atom. The standard InChI is InChI=1S/C12H15N3O/c1-15-8-7-11(14-15)12(13)9-3-5-10(16-2)6-4-9/h3-8,12H,13H2,1-2H3. The minimum atomic E-state index is -0.188. The van der Waals surface area contributed by atoms with Gasteiger partial charge in [0.15, 0.2) is 0 Å². The third-order valence-electron chi connectivity index (χ3n) is 2.53. The van der Waals surface area contributed by atoms with E-state index in [1.165, 1.54) is 0 Å². The summed E-state index contributed by atoms with van der Waals surface area (Å²) in [4.78, 5) is 0. The van der Waals surface area contributed by atoms with E-state index in [1.54, 1.807) is 11.8 Å². The minimum absolute atomic E-state index is 0.188. The third kappa shape index (κ3) is 2.06. The quantitative estimate of drug-likeness (QED) is 0.847. The lowest BCUT2D eigenvalue weighted by atomic mass is 10.1. The Morgan fingerprint density at radius 1 is 1.25 bits per heavy atom. The Balaban J connectivity index is 2.23. The summed E-state index contributed by atoms with van der Waals surface area (Å²) >= 11 is 0. The Labute approximate surface area is 94.6 Å². The summed E-state index contributed by atoms with van der Waals surface area (Å²) in [6, 6.07) is 9.45.